The van der Waals surface area contributed by atoms with Crippen molar-refractivity contribution >= 4 is 11.7 Å². The van der Waals surface area contributed by atoms with Crippen LogP contribution in [0.1, 0.15) is 15.9 Å². The van der Waals surface area contributed by atoms with Gasteiger partial charge in [-0.2, -0.15) is 13.2 Å². The molecule has 5 rings (SSSR count). The van der Waals surface area contributed by atoms with Crippen molar-refractivity contribution in [3.63, 3.8) is 0 Å². The first-order valence-corrected chi connectivity index (χ1v) is 11.5. The molecule has 4 aromatic rings. The van der Waals surface area contributed by atoms with E-state index in [2.05, 4.69) is 4.90 Å². The minimum Gasteiger partial charge on any atom is -0.487 e. The maximum atomic E-state index is 12.7. The zero-order valence-corrected chi connectivity index (χ0v) is 19.8. The Labute approximate surface area is 211 Å². The number of ether oxygens (including phenoxy) is 3. The van der Waals surface area contributed by atoms with Crippen LogP contribution in [0.25, 0.3) is 5.69 Å². The largest absolute Gasteiger partial charge is 0.487 e. The number of aromatic nitrogens is 1. The molecule has 190 valence electrons. The number of rotatable bonds is 7. The van der Waals surface area contributed by atoms with Crippen molar-refractivity contribution in [3.05, 3.63) is 102 Å². The van der Waals surface area contributed by atoms with Crippen LogP contribution in [0.2, 0.25) is 0 Å². The Morgan fingerprint density at radius 1 is 0.838 bits per heavy atom. The molecule has 0 unspecified atom stereocenters. The molecule has 3 aromatic carbocycles. The third-order valence-corrected chi connectivity index (χ3v) is 6.02. The molecule has 0 saturated carbocycles. The van der Waals surface area contributed by atoms with Crippen LogP contribution in [-0.2, 0) is 10.9 Å². The number of nitrogens with zero attached hydrogens (tertiary/aromatic N) is 2. The van der Waals surface area contributed by atoms with E-state index >= 15 is 0 Å². The molecule has 1 saturated heterocycles. The normalized spacial score (nSPS) is 13.7. The number of esters is 1. The smallest absolute Gasteiger partial charge is 0.416 e. The van der Waals surface area contributed by atoms with E-state index < -0.39 is 17.7 Å². The highest BCUT2D eigenvalue weighted by atomic mass is 19.4. The molecule has 0 atom stereocenters. The highest BCUT2D eigenvalue weighted by Gasteiger charge is 2.32. The minimum atomic E-state index is -4.39. The molecule has 9 heteroatoms. The van der Waals surface area contributed by atoms with E-state index in [1.54, 1.807) is 30.3 Å². The summed E-state index contributed by atoms with van der Waals surface area (Å²) in [5.41, 5.74) is 1.40. The van der Waals surface area contributed by atoms with Crippen molar-refractivity contribution in [2.24, 2.45) is 0 Å². The van der Waals surface area contributed by atoms with Gasteiger partial charge in [-0.15, -0.1) is 0 Å². The van der Waals surface area contributed by atoms with E-state index in [1.807, 2.05) is 41.2 Å². The van der Waals surface area contributed by atoms with Crippen molar-refractivity contribution in [2.75, 3.05) is 25.1 Å². The van der Waals surface area contributed by atoms with E-state index in [4.69, 9.17) is 14.2 Å². The van der Waals surface area contributed by atoms with Crippen molar-refractivity contribution < 1.29 is 32.2 Å². The van der Waals surface area contributed by atoms with Gasteiger partial charge in [0, 0.05) is 12.4 Å². The standard InChI is InChI=1S/C28H23F3N2O4/c1-35-27(34)24-5-4-6-25(26(24)32-15-2-3-16-32)33-17-23(18-33)37-22-13-11-21(12-14-22)36-20-9-7-19(8-10-20)28(29,30)31/h2-16,23H,17-18H2,1H3. The number of para-hydroxylation sites is 1. The fourth-order valence-electron chi connectivity index (χ4n) is 4.15. The molecule has 6 nitrogen and oxygen atoms in total. The molecule has 2 heterocycles. The van der Waals surface area contributed by atoms with Gasteiger partial charge in [0.1, 0.15) is 23.4 Å². The summed E-state index contributed by atoms with van der Waals surface area (Å²) in [5, 5.41) is 0. The predicted octanol–water partition coefficient (Wildman–Crippen LogP) is 6.34. The van der Waals surface area contributed by atoms with Crippen LogP contribution in [0, 0.1) is 0 Å². The third-order valence-electron chi connectivity index (χ3n) is 6.02. The quantitative estimate of drug-likeness (QED) is 0.273. The first-order chi connectivity index (χ1) is 17.8. The third kappa shape index (κ3) is 5.25. The Hall–Kier alpha value is -4.40. The summed E-state index contributed by atoms with van der Waals surface area (Å²) in [4.78, 5) is 14.5. The number of carbonyl (C=O) groups is 1. The lowest BCUT2D eigenvalue weighted by atomic mass is 10.1. The van der Waals surface area contributed by atoms with Crippen molar-refractivity contribution in [2.45, 2.75) is 12.3 Å². The van der Waals surface area contributed by atoms with Crippen LogP contribution < -0.4 is 14.4 Å². The van der Waals surface area contributed by atoms with E-state index in [9.17, 15) is 18.0 Å². The van der Waals surface area contributed by atoms with E-state index in [0.717, 1.165) is 23.5 Å². The summed E-state index contributed by atoms with van der Waals surface area (Å²) in [5.74, 6) is 1.04. The Bertz CT molecular complexity index is 1360. The van der Waals surface area contributed by atoms with E-state index in [0.29, 0.717) is 35.9 Å². The van der Waals surface area contributed by atoms with Crippen molar-refractivity contribution in [1.29, 1.82) is 0 Å². The molecule has 0 aliphatic carbocycles. The molecular weight excluding hydrogens is 485 g/mol. The SMILES string of the molecule is COC(=O)c1cccc(N2CC(Oc3ccc(Oc4ccc(C(F)(F)F)cc4)cc3)C2)c1-n1cccc1. The number of halogens is 3. The van der Waals surface area contributed by atoms with Crippen molar-refractivity contribution in [1.82, 2.24) is 4.57 Å². The highest BCUT2D eigenvalue weighted by molar-refractivity contribution is 5.96. The second kappa shape index (κ2) is 9.93. The average Bonchev–Trinajstić information content (AvgIpc) is 3.40. The monoisotopic (exact) mass is 508 g/mol. The van der Waals surface area contributed by atoms with Gasteiger partial charge in [-0.05, 0) is 72.8 Å². The molecule has 37 heavy (non-hydrogen) atoms. The highest BCUT2D eigenvalue weighted by Crippen LogP contribution is 2.34. The molecule has 0 radical (unpaired) electrons. The van der Waals surface area contributed by atoms with Gasteiger partial charge in [-0.1, -0.05) is 6.07 Å². The van der Waals surface area contributed by atoms with Crippen LogP contribution >= 0.6 is 0 Å². The van der Waals surface area contributed by atoms with Gasteiger partial charge in [0.05, 0.1) is 42.7 Å². The van der Waals surface area contributed by atoms with Gasteiger partial charge < -0.3 is 23.7 Å². The van der Waals surface area contributed by atoms with Crippen LogP contribution in [0.3, 0.4) is 0 Å². The average molecular weight is 508 g/mol. The van der Waals surface area contributed by atoms with E-state index in [1.165, 1.54) is 19.2 Å². The number of anilines is 1. The van der Waals surface area contributed by atoms with Gasteiger partial charge in [0.25, 0.3) is 0 Å². The lowest BCUT2D eigenvalue weighted by molar-refractivity contribution is -0.137. The summed E-state index contributed by atoms with van der Waals surface area (Å²) in [6.45, 7) is 1.26. The number of hydrogen-bond acceptors (Lipinski definition) is 5. The molecule has 0 amide bonds. The summed E-state index contributed by atoms with van der Waals surface area (Å²) in [6, 6.07) is 20.8. The minimum absolute atomic E-state index is 0.0547. The van der Waals surface area contributed by atoms with Gasteiger partial charge in [0.15, 0.2) is 0 Å². The second-order valence-electron chi connectivity index (χ2n) is 8.50. The van der Waals surface area contributed by atoms with Gasteiger partial charge in [0.2, 0.25) is 0 Å². The fraction of sp³-hybridized carbons (Fsp3) is 0.179. The summed E-state index contributed by atoms with van der Waals surface area (Å²) < 4.78 is 56.7. The van der Waals surface area contributed by atoms with Gasteiger partial charge >= 0.3 is 12.1 Å². The Kier molecular flexibility index (Phi) is 6.52. The number of hydrogen-bond donors (Lipinski definition) is 0. The number of alkyl halides is 3. The second-order valence-corrected chi connectivity index (χ2v) is 8.50. The Morgan fingerprint density at radius 3 is 2.03 bits per heavy atom. The lowest BCUT2D eigenvalue weighted by Crippen LogP contribution is -2.54. The first kappa shape index (κ1) is 24.3. The molecule has 0 N–H and O–H groups in total. The topological polar surface area (TPSA) is 52.9 Å². The fourth-order valence-corrected chi connectivity index (χ4v) is 4.15. The van der Waals surface area contributed by atoms with Crippen LogP contribution in [0.4, 0.5) is 18.9 Å². The van der Waals surface area contributed by atoms with Crippen LogP contribution in [0.15, 0.2) is 91.3 Å². The number of benzene rings is 3. The lowest BCUT2D eigenvalue weighted by Gasteiger charge is -2.41. The number of carbonyl (C=O) groups excluding carboxylic acids is 1. The predicted molar refractivity (Wildman–Crippen MR) is 132 cm³/mol. The number of methoxy groups -OCH3 is 1. The summed E-state index contributed by atoms with van der Waals surface area (Å²) in [6.07, 6.45) is -0.676. The summed E-state index contributed by atoms with van der Waals surface area (Å²) in [7, 11) is 1.36. The molecule has 1 aliphatic heterocycles. The molecule has 1 fully saturated rings. The maximum absolute atomic E-state index is 12.7. The van der Waals surface area contributed by atoms with Gasteiger partial charge in [-0.25, -0.2) is 4.79 Å². The van der Waals surface area contributed by atoms with Gasteiger partial charge in [-0.3, -0.25) is 0 Å². The molecule has 1 aliphatic rings. The van der Waals surface area contributed by atoms with Crippen LogP contribution in [-0.4, -0.2) is 36.8 Å². The Balaban J connectivity index is 1.22. The zero-order chi connectivity index (χ0) is 26.0. The summed E-state index contributed by atoms with van der Waals surface area (Å²) >= 11 is 0. The molecule has 1 aromatic heterocycles. The molecule has 0 spiro atoms. The maximum Gasteiger partial charge on any atom is 0.416 e. The molecular formula is C28H23F3N2O4. The molecule has 0 bridgehead atoms. The van der Waals surface area contributed by atoms with Crippen LogP contribution in [0.5, 0.6) is 17.2 Å². The first-order valence-electron chi connectivity index (χ1n) is 11.5. The van der Waals surface area contributed by atoms with E-state index in [-0.39, 0.29) is 6.10 Å². The van der Waals surface area contributed by atoms with Crippen molar-refractivity contribution in [3.8, 4) is 22.9 Å². The Morgan fingerprint density at radius 2 is 1.43 bits per heavy atom. The zero-order valence-electron chi connectivity index (χ0n) is 19.8.